The van der Waals surface area contributed by atoms with Crippen LogP contribution in [0, 0.1) is 5.92 Å². The van der Waals surface area contributed by atoms with Crippen LogP contribution >= 0.6 is 11.8 Å². The Morgan fingerprint density at radius 3 is 2.90 bits per heavy atom. The first-order chi connectivity index (χ1) is 10.0. The molecule has 0 aromatic carbocycles. The summed E-state index contributed by atoms with van der Waals surface area (Å²) < 4.78 is 5.81. The van der Waals surface area contributed by atoms with E-state index < -0.39 is 0 Å². The van der Waals surface area contributed by atoms with Crippen molar-refractivity contribution in [2.24, 2.45) is 5.92 Å². The van der Waals surface area contributed by atoms with Crippen LogP contribution in [0.5, 0.6) is 0 Å². The normalized spacial score (nSPS) is 24.5. The van der Waals surface area contributed by atoms with E-state index in [1.165, 1.54) is 18.2 Å². The van der Waals surface area contributed by atoms with Gasteiger partial charge < -0.3 is 14.2 Å². The molecule has 2 amide bonds. The molecular weight excluding hydrogens is 288 g/mol. The molecule has 6 heteroatoms. The standard InChI is InChI=1S/C15H20N2O3S/c1-10-7-12(10)13-4-3-11(20-13)8-16(2)14(18)9-17-5-6-21-15(17)19/h3-4,10,12H,5-9H2,1-2H3/t10-,12+/m0/s1. The third-order valence-corrected chi connectivity index (χ3v) is 5.04. The van der Waals surface area contributed by atoms with Crippen LogP contribution < -0.4 is 0 Å². The highest BCUT2D eigenvalue weighted by Gasteiger charge is 2.36. The van der Waals surface area contributed by atoms with Crippen molar-refractivity contribution in [2.45, 2.75) is 25.8 Å². The number of nitrogens with zero attached hydrogens (tertiary/aromatic N) is 2. The second-order valence-electron chi connectivity index (χ2n) is 5.91. The molecule has 1 aromatic heterocycles. The maximum Gasteiger partial charge on any atom is 0.282 e. The smallest absolute Gasteiger partial charge is 0.282 e. The van der Waals surface area contributed by atoms with Crippen LogP contribution in [0.15, 0.2) is 16.5 Å². The van der Waals surface area contributed by atoms with Gasteiger partial charge in [-0.25, -0.2) is 0 Å². The zero-order valence-electron chi connectivity index (χ0n) is 12.4. The van der Waals surface area contributed by atoms with E-state index in [1.54, 1.807) is 16.8 Å². The summed E-state index contributed by atoms with van der Waals surface area (Å²) >= 11 is 1.27. The summed E-state index contributed by atoms with van der Waals surface area (Å²) in [5, 5.41) is -0.000226. The first-order valence-corrected chi connectivity index (χ1v) is 8.27. The lowest BCUT2D eigenvalue weighted by atomic mass is 10.3. The van der Waals surface area contributed by atoms with Gasteiger partial charge in [-0.15, -0.1) is 0 Å². The lowest BCUT2D eigenvalue weighted by Crippen LogP contribution is -2.38. The van der Waals surface area contributed by atoms with Gasteiger partial charge in [0.15, 0.2) is 0 Å². The van der Waals surface area contributed by atoms with Crippen LogP contribution in [-0.4, -0.2) is 46.8 Å². The molecule has 1 saturated heterocycles. The van der Waals surface area contributed by atoms with E-state index in [0.717, 1.165) is 17.3 Å². The molecule has 2 heterocycles. The van der Waals surface area contributed by atoms with Crippen LogP contribution in [0.2, 0.25) is 0 Å². The maximum atomic E-state index is 12.1. The molecule has 0 radical (unpaired) electrons. The Morgan fingerprint density at radius 1 is 1.52 bits per heavy atom. The SMILES string of the molecule is C[C@H]1C[C@H]1c1ccc(CN(C)C(=O)CN2CCSC2=O)o1. The van der Waals surface area contributed by atoms with Gasteiger partial charge >= 0.3 is 0 Å². The molecule has 5 nitrogen and oxygen atoms in total. The quantitative estimate of drug-likeness (QED) is 0.839. The molecule has 0 bridgehead atoms. The number of thioether (sulfide) groups is 1. The topological polar surface area (TPSA) is 53.8 Å². The molecule has 2 fully saturated rings. The van der Waals surface area contributed by atoms with Crippen LogP contribution in [0.25, 0.3) is 0 Å². The molecule has 3 rings (SSSR count). The number of carbonyl (C=O) groups excluding carboxylic acids is 2. The first kappa shape index (κ1) is 14.5. The van der Waals surface area contributed by atoms with Gasteiger partial charge in [0, 0.05) is 25.3 Å². The van der Waals surface area contributed by atoms with E-state index in [0.29, 0.717) is 24.9 Å². The summed E-state index contributed by atoms with van der Waals surface area (Å²) in [5.74, 6) is 3.83. The van der Waals surface area contributed by atoms with E-state index >= 15 is 0 Å². The van der Waals surface area contributed by atoms with Crippen molar-refractivity contribution in [3.8, 4) is 0 Å². The first-order valence-electron chi connectivity index (χ1n) is 7.29. The van der Waals surface area contributed by atoms with Gasteiger partial charge in [-0.2, -0.15) is 0 Å². The Hall–Kier alpha value is -1.43. The highest BCUT2D eigenvalue weighted by Crippen LogP contribution is 2.47. The van der Waals surface area contributed by atoms with Crippen LogP contribution in [0.1, 0.15) is 30.8 Å². The van der Waals surface area contributed by atoms with Gasteiger partial charge in [-0.1, -0.05) is 18.7 Å². The van der Waals surface area contributed by atoms with Crippen molar-refractivity contribution in [3.05, 3.63) is 23.7 Å². The molecule has 1 aliphatic carbocycles. The summed E-state index contributed by atoms with van der Waals surface area (Å²) in [6.45, 7) is 3.49. The molecule has 1 aromatic rings. The number of hydrogen-bond donors (Lipinski definition) is 0. The van der Waals surface area contributed by atoms with Crippen molar-refractivity contribution in [2.75, 3.05) is 25.9 Å². The Morgan fingerprint density at radius 2 is 2.29 bits per heavy atom. The third-order valence-electron chi connectivity index (χ3n) is 4.15. The number of carbonyl (C=O) groups is 2. The van der Waals surface area contributed by atoms with Crippen molar-refractivity contribution < 1.29 is 14.0 Å². The van der Waals surface area contributed by atoms with Crippen molar-refractivity contribution in [1.29, 1.82) is 0 Å². The lowest BCUT2D eigenvalue weighted by Gasteiger charge is -2.20. The minimum absolute atomic E-state index is 0.000226. The molecule has 0 spiro atoms. The highest BCUT2D eigenvalue weighted by atomic mass is 32.2. The predicted octanol–water partition coefficient (Wildman–Crippen LogP) is 2.53. The molecule has 2 aliphatic rings. The summed E-state index contributed by atoms with van der Waals surface area (Å²) in [6, 6.07) is 3.96. The van der Waals surface area contributed by atoms with E-state index in [9.17, 15) is 9.59 Å². The fraction of sp³-hybridized carbons (Fsp3) is 0.600. The molecule has 0 N–H and O–H groups in total. The lowest BCUT2D eigenvalue weighted by molar-refractivity contribution is -0.131. The largest absolute Gasteiger partial charge is 0.464 e. The minimum atomic E-state index is -0.0522. The van der Waals surface area contributed by atoms with E-state index in [1.807, 2.05) is 12.1 Å². The summed E-state index contributed by atoms with van der Waals surface area (Å²) in [6.07, 6.45) is 1.19. The average molecular weight is 308 g/mol. The average Bonchev–Trinajstić information content (AvgIpc) is 2.85. The Labute approximate surface area is 128 Å². The predicted molar refractivity (Wildman–Crippen MR) is 81.1 cm³/mol. The molecule has 0 unspecified atom stereocenters. The second-order valence-corrected chi connectivity index (χ2v) is 6.96. The number of rotatable bonds is 5. The Kier molecular flexibility index (Phi) is 3.97. The van der Waals surface area contributed by atoms with Gasteiger partial charge in [-0.3, -0.25) is 9.59 Å². The van der Waals surface area contributed by atoms with Crippen LogP contribution in [-0.2, 0) is 11.3 Å². The minimum Gasteiger partial charge on any atom is -0.464 e. The Balaban J connectivity index is 1.53. The van der Waals surface area contributed by atoms with E-state index in [4.69, 9.17) is 4.42 Å². The molecule has 114 valence electrons. The van der Waals surface area contributed by atoms with Gasteiger partial charge in [0.25, 0.3) is 5.24 Å². The van der Waals surface area contributed by atoms with E-state index in [2.05, 4.69) is 6.92 Å². The molecule has 1 aliphatic heterocycles. The van der Waals surface area contributed by atoms with Gasteiger partial charge in [0.1, 0.15) is 18.1 Å². The van der Waals surface area contributed by atoms with Crippen molar-refractivity contribution >= 4 is 22.9 Å². The monoisotopic (exact) mass is 308 g/mol. The van der Waals surface area contributed by atoms with Crippen LogP contribution in [0.4, 0.5) is 4.79 Å². The molecule has 1 saturated carbocycles. The number of likely N-dealkylation sites (N-methyl/N-ethyl adjacent to an activating group) is 1. The molecular formula is C15H20N2O3S. The summed E-state index contributed by atoms with van der Waals surface area (Å²) in [7, 11) is 1.75. The molecule has 2 atom stereocenters. The van der Waals surface area contributed by atoms with Gasteiger partial charge in [0.2, 0.25) is 5.91 Å². The highest BCUT2D eigenvalue weighted by molar-refractivity contribution is 8.13. The molecule has 21 heavy (non-hydrogen) atoms. The number of amides is 2. The number of hydrogen-bond acceptors (Lipinski definition) is 4. The third kappa shape index (κ3) is 3.26. The number of furan rings is 1. The van der Waals surface area contributed by atoms with Crippen LogP contribution in [0.3, 0.4) is 0 Å². The fourth-order valence-corrected chi connectivity index (χ4v) is 3.40. The van der Waals surface area contributed by atoms with Crippen molar-refractivity contribution in [3.63, 3.8) is 0 Å². The van der Waals surface area contributed by atoms with Gasteiger partial charge in [-0.05, 0) is 24.5 Å². The fourth-order valence-electron chi connectivity index (χ4n) is 2.57. The van der Waals surface area contributed by atoms with Crippen molar-refractivity contribution in [1.82, 2.24) is 9.80 Å². The zero-order chi connectivity index (χ0) is 15.0. The maximum absolute atomic E-state index is 12.1. The van der Waals surface area contributed by atoms with E-state index in [-0.39, 0.29) is 17.7 Å². The summed E-state index contributed by atoms with van der Waals surface area (Å²) in [4.78, 5) is 26.9. The second kappa shape index (κ2) is 5.75. The van der Waals surface area contributed by atoms with Gasteiger partial charge in [0.05, 0.1) is 6.54 Å². The Bertz CT molecular complexity index is 557. The summed E-state index contributed by atoms with van der Waals surface area (Å²) in [5.41, 5.74) is 0. The zero-order valence-corrected chi connectivity index (χ0v) is 13.2.